The van der Waals surface area contributed by atoms with Crippen LogP contribution in [0.25, 0.3) is 22.0 Å². The maximum absolute atomic E-state index is 11.6. The summed E-state index contributed by atoms with van der Waals surface area (Å²) in [4.78, 5) is 16.6. The molecule has 39 heavy (non-hydrogen) atoms. The topological polar surface area (TPSA) is 48.4 Å². The van der Waals surface area contributed by atoms with Crippen molar-refractivity contribution in [2.24, 2.45) is 23.2 Å². The van der Waals surface area contributed by atoms with Crippen LogP contribution in [0.3, 0.4) is 0 Å². The maximum atomic E-state index is 11.6. The monoisotopic (exact) mass is 521 g/mol. The van der Waals surface area contributed by atoms with Crippen molar-refractivity contribution in [1.29, 1.82) is 0 Å². The minimum absolute atomic E-state index is 0.0598. The molecule has 0 N–H and O–H groups in total. The van der Waals surface area contributed by atoms with E-state index in [-0.39, 0.29) is 22.9 Å². The lowest BCUT2D eigenvalue weighted by Gasteiger charge is -2.57. The summed E-state index contributed by atoms with van der Waals surface area (Å²) in [7, 11) is 1.71. The fraction of sp³-hybridized carbons (Fsp3) is 0.486. The largest absolute Gasteiger partial charge is 0.497 e. The molecule has 0 bridgehead atoms. The summed E-state index contributed by atoms with van der Waals surface area (Å²) in [6.07, 6.45) is 12.6. The number of hydrogen-bond donors (Lipinski definition) is 0. The van der Waals surface area contributed by atoms with Crippen molar-refractivity contribution in [1.82, 2.24) is 4.98 Å². The number of hydrogen-bond acceptors (Lipinski definition) is 4. The van der Waals surface area contributed by atoms with Gasteiger partial charge in [0, 0.05) is 25.1 Å². The number of esters is 1. The third-order valence-electron chi connectivity index (χ3n) is 11.2. The van der Waals surface area contributed by atoms with E-state index in [1.54, 1.807) is 12.7 Å². The standard InChI is InChI=1S/C35H39NO3/c1-21(37)39-28-11-13-34(2)26(18-28)8-10-29-30(34)12-14-35(3)31-19-33(36-20-25(31)17-32(29)35)24-6-5-23-16-27(38-4)9-7-22(23)15-24/h5-9,15-16,19-20,28-30,32H,10-14,17-18H2,1-4H3/t28-,29-,30-,32-,34-,35+/m0/s1. The minimum Gasteiger partial charge on any atom is -0.497 e. The van der Waals surface area contributed by atoms with Crippen molar-refractivity contribution in [3.05, 3.63) is 71.4 Å². The highest BCUT2D eigenvalue weighted by Crippen LogP contribution is 2.64. The van der Waals surface area contributed by atoms with Crippen molar-refractivity contribution in [2.75, 3.05) is 7.11 Å². The SMILES string of the molecule is COc1ccc2cc(-c3cc4c(cn3)C[C@H]3[C@H]5CC=C6C[C@@H](OC(C)=O)CC[C@]6(C)[C@H]5CC[C@]43C)ccc2c1. The Morgan fingerprint density at radius 3 is 2.56 bits per heavy atom. The molecule has 2 aromatic carbocycles. The van der Waals surface area contributed by atoms with Crippen LogP contribution in [0.2, 0.25) is 0 Å². The number of rotatable bonds is 3. The summed E-state index contributed by atoms with van der Waals surface area (Å²) in [6, 6.07) is 15.3. The van der Waals surface area contributed by atoms with Gasteiger partial charge >= 0.3 is 5.97 Å². The number of carbonyl (C=O) groups is 1. The molecule has 0 saturated heterocycles. The Bertz CT molecular complexity index is 1510. The smallest absolute Gasteiger partial charge is 0.302 e. The molecule has 4 nitrogen and oxygen atoms in total. The van der Waals surface area contributed by atoms with E-state index < -0.39 is 0 Å². The Balaban J connectivity index is 1.18. The second kappa shape index (κ2) is 8.94. The fourth-order valence-corrected chi connectivity index (χ4v) is 9.08. The lowest BCUT2D eigenvalue weighted by molar-refractivity contribution is -0.148. The van der Waals surface area contributed by atoms with Crippen molar-refractivity contribution in [2.45, 2.75) is 77.2 Å². The van der Waals surface area contributed by atoms with Gasteiger partial charge < -0.3 is 9.47 Å². The molecule has 4 aliphatic carbocycles. The number of allylic oxidation sites excluding steroid dienone is 1. The van der Waals surface area contributed by atoms with E-state index >= 15 is 0 Å². The lowest BCUT2D eigenvalue weighted by Crippen LogP contribution is -2.51. The minimum atomic E-state index is -0.146. The number of benzene rings is 2. The third kappa shape index (κ3) is 3.85. The molecular weight excluding hydrogens is 482 g/mol. The molecule has 0 spiro atoms. The first-order chi connectivity index (χ1) is 18.8. The highest BCUT2D eigenvalue weighted by atomic mass is 16.5. The summed E-state index contributed by atoms with van der Waals surface area (Å²) < 4.78 is 11.0. The van der Waals surface area contributed by atoms with E-state index in [2.05, 4.69) is 62.5 Å². The Labute approximate surface area is 231 Å². The van der Waals surface area contributed by atoms with Crippen molar-refractivity contribution < 1.29 is 14.3 Å². The summed E-state index contributed by atoms with van der Waals surface area (Å²) in [5.41, 5.74) is 7.25. The number of ether oxygens (including phenoxy) is 2. The summed E-state index contributed by atoms with van der Waals surface area (Å²) >= 11 is 0. The van der Waals surface area contributed by atoms with E-state index in [1.165, 1.54) is 47.2 Å². The Morgan fingerprint density at radius 1 is 0.949 bits per heavy atom. The normalized spacial score (nSPS) is 32.9. The van der Waals surface area contributed by atoms with Crippen molar-refractivity contribution >= 4 is 16.7 Å². The highest BCUT2D eigenvalue weighted by Gasteiger charge is 2.57. The molecule has 0 unspecified atom stereocenters. The highest BCUT2D eigenvalue weighted by molar-refractivity contribution is 5.88. The zero-order chi connectivity index (χ0) is 26.9. The Morgan fingerprint density at radius 2 is 1.74 bits per heavy atom. The molecule has 4 aliphatic rings. The van der Waals surface area contributed by atoms with E-state index in [0.29, 0.717) is 17.8 Å². The van der Waals surface area contributed by atoms with Gasteiger partial charge in [-0.1, -0.05) is 43.7 Å². The van der Waals surface area contributed by atoms with Crippen LogP contribution in [0, 0.1) is 23.2 Å². The van der Waals surface area contributed by atoms with Gasteiger partial charge in [-0.05, 0) is 113 Å². The molecular formula is C35H39NO3. The van der Waals surface area contributed by atoms with Crippen molar-refractivity contribution in [3.8, 4) is 17.0 Å². The van der Waals surface area contributed by atoms with Gasteiger partial charge in [0.2, 0.25) is 0 Å². The van der Waals surface area contributed by atoms with Gasteiger partial charge in [-0.15, -0.1) is 0 Å². The van der Waals surface area contributed by atoms with Crippen LogP contribution in [0.15, 0.2) is 60.3 Å². The van der Waals surface area contributed by atoms with Gasteiger partial charge in [0.05, 0.1) is 12.8 Å². The number of fused-ring (bicyclic) bond motifs is 8. The lowest BCUT2D eigenvalue weighted by atomic mass is 9.47. The second-order valence-corrected chi connectivity index (χ2v) is 13.0. The molecule has 2 fully saturated rings. The van der Waals surface area contributed by atoms with Gasteiger partial charge in [-0.25, -0.2) is 0 Å². The maximum Gasteiger partial charge on any atom is 0.302 e. The van der Waals surface area contributed by atoms with E-state index in [1.807, 2.05) is 6.07 Å². The first-order valence-corrected chi connectivity index (χ1v) is 14.7. The van der Waals surface area contributed by atoms with Crippen LogP contribution in [-0.4, -0.2) is 24.2 Å². The van der Waals surface area contributed by atoms with Gasteiger partial charge in [0.1, 0.15) is 11.9 Å². The van der Waals surface area contributed by atoms with Gasteiger partial charge in [0.15, 0.2) is 0 Å². The van der Waals surface area contributed by atoms with Crippen molar-refractivity contribution in [3.63, 3.8) is 0 Å². The summed E-state index contributed by atoms with van der Waals surface area (Å²) in [5, 5.41) is 2.39. The van der Waals surface area contributed by atoms with Crippen LogP contribution in [0.4, 0.5) is 0 Å². The number of methoxy groups -OCH3 is 1. The molecule has 202 valence electrons. The first-order valence-electron chi connectivity index (χ1n) is 14.7. The third-order valence-corrected chi connectivity index (χ3v) is 11.2. The van der Waals surface area contributed by atoms with Crippen LogP contribution in [0.1, 0.15) is 70.4 Å². The quantitative estimate of drug-likeness (QED) is 0.260. The molecule has 7 rings (SSSR count). The van der Waals surface area contributed by atoms with E-state index in [0.717, 1.165) is 43.5 Å². The van der Waals surface area contributed by atoms with E-state index in [4.69, 9.17) is 14.5 Å². The summed E-state index contributed by atoms with van der Waals surface area (Å²) in [6.45, 7) is 6.59. The zero-order valence-corrected chi connectivity index (χ0v) is 23.6. The molecule has 4 heteroatoms. The van der Waals surface area contributed by atoms with E-state index in [9.17, 15) is 4.79 Å². The second-order valence-electron chi connectivity index (χ2n) is 13.0. The molecule has 0 amide bonds. The number of nitrogens with zero attached hydrogens (tertiary/aromatic N) is 1. The van der Waals surface area contributed by atoms with Crippen LogP contribution in [0.5, 0.6) is 5.75 Å². The first kappa shape index (κ1) is 24.9. The number of carbonyl (C=O) groups excluding carboxylic acids is 1. The predicted molar refractivity (Wildman–Crippen MR) is 155 cm³/mol. The molecule has 1 aromatic heterocycles. The average Bonchev–Trinajstić information content (AvgIpc) is 3.24. The summed E-state index contributed by atoms with van der Waals surface area (Å²) in [5.74, 6) is 2.82. The molecule has 0 aliphatic heterocycles. The zero-order valence-electron chi connectivity index (χ0n) is 23.6. The number of aromatic nitrogens is 1. The van der Waals surface area contributed by atoms with Gasteiger partial charge in [0.25, 0.3) is 0 Å². The molecule has 3 aromatic rings. The van der Waals surface area contributed by atoms with Gasteiger partial charge in [-0.2, -0.15) is 0 Å². The molecule has 2 saturated carbocycles. The molecule has 0 radical (unpaired) electrons. The van der Waals surface area contributed by atoms with Crippen LogP contribution in [-0.2, 0) is 21.4 Å². The van der Waals surface area contributed by atoms with Gasteiger partial charge in [-0.3, -0.25) is 9.78 Å². The molecule has 6 atom stereocenters. The fourth-order valence-electron chi connectivity index (χ4n) is 9.08. The Kier molecular flexibility index (Phi) is 5.70. The predicted octanol–water partition coefficient (Wildman–Crippen LogP) is 7.82. The van der Waals surface area contributed by atoms with Crippen LogP contribution >= 0.6 is 0 Å². The Hall–Kier alpha value is -3.14. The number of pyridine rings is 1. The molecule has 1 heterocycles. The van der Waals surface area contributed by atoms with Crippen LogP contribution < -0.4 is 4.74 Å². The average molecular weight is 522 g/mol.